The van der Waals surface area contributed by atoms with Crippen LogP contribution in [0.2, 0.25) is 0 Å². The molecule has 0 bridgehead atoms. The highest BCUT2D eigenvalue weighted by Gasteiger charge is 2.26. The molecule has 0 aliphatic carbocycles. The van der Waals surface area contributed by atoms with Gasteiger partial charge >= 0.3 is 0 Å². The van der Waals surface area contributed by atoms with Gasteiger partial charge in [0.05, 0.1) is 6.07 Å². The van der Waals surface area contributed by atoms with E-state index in [0.29, 0.717) is 0 Å². The van der Waals surface area contributed by atoms with Crippen LogP contribution in [0.25, 0.3) is 0 Å². The zero-order chi connectivity index (χ0) is 12.8. The Bertz CT molecular complexity index is 242. The topological polar surface area (TPSA) is 39.1 Å². The molecule has 3 nitrogen and oxygen atoms in total. The monoisotopic (exact) mass is 225 g/mol. The Balaban J connectivity index is 4.28. The van der Waals surface area contributed by atoms with Crippen molar-refractivity contribution >= 4 is 0 Å². The van der Waals surface area contributed by atoms with E-state index in [1.165, 1.54) is 0 Å². The van der Waals surface area contributed by atoms with E-state index in [-0.39, 0.29) is 5.54 Å². The van der Waals surface area contributed by atoms with Crippen molar-refractivity contribution in [3.8, 4) is 6.07 Å². The summed E-state index contributed by atoms with van der Waals surface area (Å²) in [6, 6.07) is 2.37. The first kappa shape index (κ1) is 15.4. The Morgan fingerprint density at radius 3 is 2.19 bits per heavy atom. The van der Waals surface area contributed by atoms with Crippen LogP contribution in [0.1, 0.15) is 47.5 Å². The van der Waals surface area contributed by atoms with Crippen molar-refractivity contribution in [2.75, 3.05) is 20.1 Å². The van der Waals surface area contributed by atoms with E-state index in [1.54, 1.807) is 0 Å². The molecule has 0 aliphatic heterocycles. The summed E-state index contributed by atoms with van der Waals surface area (Å²) in [5, 5.41) is 12.4. The third kappa shape index (κ3) is 4.51. The van der Waals surface area contributed by atoms with Crippen LogP contribution in [-0.4, -0.2) is 36.1 Å². The predicted molar refractivity (Wildman–Crippen MR) is 69.3 cm³/mol. The minimum Gasteiger partial charge on any atom is -0.301 e. The van der Waals surface area contributed by atoms with Crippen LogP contribution < -0.4 is 5.32 Å². The van der Waals surface area contributed by atoms with E-state index in [9.17, 15) is 0 Å². The first-order valence-corrected chi connectivity index (χ1v) is 6.19. The van der Waals surface area contributed by atoms with Gasteiger partial charge in [-0.2, -0.15) is 5.26 Å². The van der Waals surface area contributed by atoms with Crippen LogP contribution in [0.4, 0.5) is 0 Å². The minimum absolute atomic E-state index is 0.211. The summed E-state index contributed by atoms with van der Waals surface area (Å²) < 4.78 is 0. The molecule has 0 heterocycles. The van der Waals surface area contributed by atoms with Crippen LogP contribution in [0, 0.1) is 11.3 Å². The SMILES string of the molecule is CCNC(C)(C#N)CCN(C)C(C)(C)CC. The van der Waals surface area contributed by atoms with E-state index < -0.39 is 5.54 Å². The minimum atomic E-state index is -0.396. The maximum absolute atomic E-state index is 9.16. The number of hydrogen-bond donors (Lipinski definition) is 1. The van der Waals surface area contributed by atoms with Gasteiger partial charge in [-0.25, -0.2) is 0 Å². The molecule has 0 aromatic rings. The van der Waals surface area contributed by atoms with Crippen molar-refractivity contribution in [1.29, 1.82) is 5.26 Å². The van der Waals surface area contributed by atoms with E-state index in [1.807, 2.05) is 13.8 Å². The van der Waals surface area contributed by atoms with Gasteiger partial charge in [0.2, 0.25) is 0 Å². The number of hydrogen-bond acceptors (Lipinski definition) is 3. The van der Waals surface area contributed by atoms with Gasteiger partial charge in [0, 0.05) is 12.1 Å². The molecule has 0 amide bonds. The van der Waals surface area contributed by atoms with Crippen LogP contribution in [-0.2, 0) is 0 Å². The zero-order valence-corrected chi connectivity index (χ0v) is 11.7. The van der Waals surface area contributed by atoms with Crippen molar-refractivity contribution in [1.82, 2.24) is 10.2 Å². The molecule has 0 radical (unpaired) electrons. The largest absolute Gasteiger partial charge is 0.301 e. The first-order valence-electron chi connectivity index (χ1n) is 6.19. The van der Waals surface area contributed by atoms with Crippen molar-refractivity contribution in [3.05, 3.63) is 0 Å². The highest BCUT2D eigenvalue weighted by atomic mass is 15.2. The lowest BCUT2D eigenvalue weighted by atomic mass is 9.95. The van der Waals surface area contributed by atoms with Crippen molar-refractivity contribution in [2.45, 2.75) is 58.5 Å². The van der Waals surface area contributed by atoms with E-state index in [4.69, 9.17) is 5.26 Å². The van der Waals surface area contributed by atoms with Crippen molar-refractivity contribution in [2.24, 2.45) is 0 Å². The molecular weight excluding hydrogens is 198 g/mol. The van der Waals surface area contributed by atoms with Gasteiger partial charge in [-0.1, -0.05) is 13.8 Å². The molecule has 1 N–H and O–H groups in total. The van der Waals surface area contributed by atoms with Crippen LogP contribution in [0.5, 0.6) is 0 Å². The molecule has 0 saturated carbocycles. The Morgan fingerprint density at radius 2 is 1.81 bits per heavy atom. The van der Waals surface area contributed by atoms with E-state index in [2.05, 4.69) is 44.1 Å². The summed E-state index contributed by atoms with van der Waals surface area (Å²) in [7, 11) is 2.13. The standard InChI is InChI=1S/C13H27N3/c1-7-12(3,4)16(6)10-9-13(5,11-14)15-8-2/h15H,7-10H2,1-6H3. The average Bonchev–Trinajstić information content (AvgIpc) is 2.26. The second-order valence-electron chi connectivity index (χ2n) is 5.31. The lowest BCUT2D eigenvalue weighted by Crippen LogP contribution is -2.47. The van der Waals surface area contributed by atoms with E-state index in [0.717, 1.165) is 25.9 Å². The van der Waals surface area contributed by atoms with E-state index >= 15 is 0 Å². The number of rotatable bonds is 7. The fourth-order valence-electron chi connectivity index (χ4n) is 1.54. The smallest absolute Gasteiger partial charge is 0.105 e. The number of nitrogens with zero attached hydrogens (tertiary/aromatic N) is 2. The Hall–Kier alpha value is -0.590. The molecule has 3 heteroatoms. The van der Waals surface area contributed by atoms with Crippen LogP contribution in [0.3, 0.4) is 0 Å². The summed E-state index contributed by atoms with van der Waals surface area (Å²) in [6.07, 6.45) is 1.98. The maximum Gasteiger partial charge on any atom is 0.105 e. The molecule has 0 aliphatic rings. The molecule has 1 unspecified atom stereocenters. The Morgan fingerprint density at radius 1 is 1.25 bits per heavy atom. The summed E-state index contributed by atoms with van der Waals surface area (Å²) in [6.45, 7) is 12.5. The molecule has 0 aromatic heterocycles. The highest BCUT2D eigenvalue weighted by Crippen LogP contribution is 2.18. The van der Waals surface area contributed by atoms with Crippen LogP contribution in [0.15, 0.2) is 0 Å². The summed E-state index contributed by atoms with van der Waals surface area (Å²) in [5.74, 6) is 0. The van der Waals surface area contributed by atoms with Gasteiger partial charge in [-0.3, -0.25) is 5.32 Å². The first-order chi connectivity index (χ1) is 7.31. The normalized spacial score (nSPS) is 15.9. The molecule has 0 spiro atoms. The fourth-order valence-corrected chi connectivity index (χ4v) is 1.54. The van der Waals surface area contributed by atoms with Crippen LogP contribution >= 0.6 is 0 Å². The lowest BCUT2D eigenvalue weighted by molar-refractivity contribution is 0.140. The third-order valence-corrected chi connectivity index (χ3v) is 3.66. The maximum atomic E-state index is 9.16. The van der Waals surface area contributed by atoms with Crippen molar-refractivity contribution < 1.29 is 0 Å². The summed E-state index contributed by atoms with van der Waals surface area (Å²) in [4.78, 5) is 2.33. The average molecular weight is 225 g/mol. The summed E-state index contributed by atoms with van der Waals surface area (Å²) in [5.41, 5.74) is -0.185. The molecule has 94 valence electrons. The third-order valence-electron chi connectivity index (χ3n) is 3.66. The van der Waals surface area contributed by atoms with Gasteiger partial charge < -0.3 is 4.90 Å². The molecule has 0 aromatic carbocycles. The van der Waals surface area contributed by atoms with Crippen molar-refractivity contribution in [3.63, 3.8) is 0 Å². The zero-order valence-electron chi connectivity index (χ0n) is 11.7. The fraction of sp³-hybridized carbons (Fsp3) is 0.923. The second kappa shape index (κ2) is 6.22. The highest BCUT2D eigenvalue weighted by molar-refractivity contribution is 5.04. The molecule has 0 fully saturated rings. The second-order valence-corrected chi connectivity index (χ2v) is 5.31. The number of nitriles is 1. The van der Waals surface area contributed by atoms with Gasteiger partial charge in [0.1, 0.15) is 5.54 Å². The molecular formula is C13H27N3. The molecule has 16 heavy (non-hydrogen) atoms. The van der Waals surface area contributed by atoms with Gasteiger partial charge in [0.15, 0.2) is 0 Å². The molecule has 0 rings (SSSR count). The van der Waals surface area contributed by atoms with Gasteiger partial charge in [0.25, 0.3) is 0 Å². The molecule has 1 atom stereocenters. The lowest BCUT2D eigenvalue weighted by Gasteiger charge is -2.36. The quantitative estimate of drug-likeness (QED) is 0.723. The predicted octanol–water partition coefficient (Wildman–Crippen LogP) is 2.39. The number of nitrogens with one attached hydrogen (secondary N) is 1. The Kier molecular flexibility index (Phi) is 5.99. The molecule has 0 saturated heterocycles. The van der Waals surface area contributed by atoms with Gasteiger partial charge in [-0.05, 0) is 47.2 Å². The summed E-state index contributed by atoms with van der Waals surface area (Å²) >= 11 is 0. The van der Waals surface area contributed by atoms with Gasteiger partial charge in [-0.15, -0.1) is 0 Å². The Labute approximate surface area is 101 Å².